The van der Waals surface area contributed by atoms with Gasteiger partial charge in [-0.3, -0.25) is 4.79 Å². The number of nitrogens with one attached hydrogen (secondary N) is 1. The molecule has 0 heterocycles. The van der Waals surface area contributed by atoms with E-state index in [0.717, 1.165) is 5.56 Å². The quantitative estimate of drug-likeness (QED) is 0.755. The molecule has 0 bridgehead atoms. The third kappa shape index (κ3) is 4.93. The first-order valence-electron chi connectivity index (χ1n) is 8.31. The summed E-state index contributed by atoms with van der Waals surface area (Å²) in [6.07, 6.45) is 0. The van der Waals surface area contributed by atoms with E-state index >= 15 is 0 Å². The summed E-state index contributed by atoms with van der Waals surface area (Å²) in [5.41, 5.74) is 1.00. The van der Waals surface area contributed by atoms with Gasteiger partial charge < -0.3 is 10.4 Å². The summed E-state index contributed by atoms with van der Waals surface area (Å²) < 4.78 is 26.2. The lowest BCUT2D eigenvalue weighted by molar-refractivity contribution is 0.0697. The zero-order valence-electron chi connectivity index (χ0n) is 15.3. The molecule has 0 atom stereocenters. The Hall–Kier alpha value is -2.71. The fourth-order valence-electron chi connectivity index (χ4n) is 2.30. The highest BCUT2D eigenvalue weighted by Gasteiger charge is 2.22. The number of amides is 1. The lowest BCUT2D eigenvalue weighted by Crippen LogP contribution is -2.33. The van der Waals surface area contributed by atoms with Crippen LogP contribution in [0, 0.1) is 0 Å². The predicted octanol–water partition coefficient (Wildman–Crippen LogP) is 2.34. The fraction of sp³-hybridized carbons (Fsp3) is 0.263. The number of carbonyl (C=O) groups excluding carboxylic acids is 1. The topological polar surface area (TPSA) is 104 Å². The minimum atomic E-state index is -3.55. The van der Waals surface area contributed by atoms with Gasteiger partial charge in [0.15, 0.2) is 0 Å². The molecule has 0 aliphatic rings. The van der Waals surface area contributed by atoms with Crippen molar-refractivity contribution in [3.05, 3.63) is 65.2 Å². The maximum atomic E-state index is 12.4. The zero-order valence-corrected chi connectivity index (χ0v) is 16.2. The van der Waals surface area contributed by atoms with Gasteiger partial charge in [-0.1, -0.05) is 18.2 Å². The molecule has 2 aromatic carbocycles. The van der Waals surface area contributed by atoms with Crippen LogP contribution in [0.1, 0.15) is 40.1 Å². The highest BCUT2D eigenvalue weighted by atomic mass is 32.2. The number of carbonyl (C=O) groups is 2. The summed E-state index contributed by atoms with van der Waals surface area (Å²) in [6.45, 7) is 3.78. The maximum Gasteiger partial charge on any atom is 0.335 e. The van der Waals surface area contributed by atoms with Crippen LogP contribution >= 0.6 is 0 Å². The second-order valence-corrected chi connectivity index (χ2v) is 8.33. The number of carboxylic acid groups (broad SMARTS) is 1. The molecular weight excluding hydrogens is 368 g/mol. The molecule has 0 aliphatic heterocycles. The SMILES string of the molecule is CC(C)N(C)S(=O)(=O)c1ccc(CNC(=O)c2cccc(C(=O)O)c2)cc1. The Bertz CT molecular complexity index is 937. The molecule has 2 rings (SSSR count). The smallest absolute Gasteiger partial charge is 0.335 e. The molecule has 0 aliphatic carbocycles. The Morgan fingerprint density at radius 1 is 1.07 bits per heavy atom. The van der Waals surface area contributed by atoms with E-state index in [2.05, 4.69) is 5.32 Å². The molecule has 0 spiro atoms. The van der Waals surface area contributed by atoms with Gasteiger partial charge in [-0.2, -0.15) is 4.31 Å². The molecule has 2 N–H and O–H groups in total. The van der Waals surface area contributed by atoms with E-state index in [1.807, 2.05) is 0 Å². The number of rotatable bonds is 7. The van der Waals surface area contributed by atoms with Crippen LogP contribution in [0.25, 0.3) is 0 Å². The Morgan fingerprint density at radius 3 is 2.22 bits per heavy atom. The number of aromatic carboxylic acids is 1. The first-order valence-corrected chi connectivity index (χ1v) is 9.75. The van der Waals surface area contributed by atoms with Gasteiger partial charge in [-0.15, -0.1) is 0 Å². The van der Waals surface area contributed by atoms with Crippen molar-refractivity contribution in [3.8, 4) is 0 Å². The average Bonchev–Trinajstić information content (AvgIpc) is 2.65. The molecule has 7 nitrogen and oxygen atoms in total. The van der Waals surface area contributed by atoms with Gasteiger partial charge in [0.1, 0.15) is 0 Å². The van der Waals surface area contributed by atoms with Crippen molar-refractivity contribution in [2.75, 3.05) is 7.05 Å². The fourth-order valence-corrected chi connectivity index (χ4v) is 3.67. The standard InChI is InChI=1S/C19H22N2O5S/c1-13(2)21(3)27(25,26)17-9-7-14(8-10-17)12-20-18(22)15-5-4-6-16(11-15)19(23)24/h4-11,13H,12H2,1-3H3,(H,20,22)(H,23,24). The number of hydrogen-bond acceptors (Lipinski definition) is 4. The summed E-state index contributed by atoms with van der Waals surface area (Å²) in [4.78, 5) is 23.3. The first kappa shape index (κ1) is 20.6. The number of carboxylic acids is 1. The van der Waals surface area contributed by atoms with E-state index in [9.17, 15) is 18.0 Å². The van der Waals surface area contributed by atoms with Crippen molar-refractivity contribution in [2.24, 2.45) is 0 Å². The van der Waals surface area contributed by atoms with Gasteiger partial charge in [0.05, 0.1) is 10.5 Å². The monoisotopic (exact) mass is 390 g/mol. The predicted molar refractivity (Wildman–Crippen MR) is 101 cm³/mol. The molecule has 144 valence electrons. The zero-order chi connectivity index (χ0) is 20.2. The Balaban J connectivity index is 2.06. The highest BCUT2D eigenvalue weighted by molar-refractivity contribution is 7.89. The average molecular weight is 390 g/mol. The van der Waals surface area contributed by atoms with Gasteiger partial charge in [-0.05, 0) is 49.7 Å². The third-order valence-electron chi connectivity index (χ3n) is 4.15. The van der Waals surface area contributed by atoms with E-state index in [1.165, 1.54) is 47.8 Å². The molecule has 0 aromatic heterocycles. The van der Waals surface area contributed by atoms with E-state index in [4.69, 9.17) is 5.11 Å². The van der Waals surface area contributed by atoms with Gasteiger partial charge in [0.25, 0.3) is 5.91 Å². The molecular formula is C19H22N2O5S. The maximum absolute atomic E-state index is 12.4. The molecule has 0 saturated heterocycles. The minimum Gasteiger partial charge on any atom is -0.478 e. The molecule has 0 saturated carbocycles. The third-order valence-corrected chi connectivity index (χ3v) is 6.20. The lowest BCUT2D eigenvalue weighted by Gasteiger charge is -2.21. The molecule has 0 radical (unpaired) electrons. The van der Waals surface area contributed by atoms with E-state index < -0.39 is 21.9 Å². The second kappa shape index (κ2) is 8.32. The van der Waals surface area contributed by atoms with Gasteiger partial charge in [0, 0.05) is 25.2 Å². The largest absolute Gasteiger partial charge is 0.478 e. The summed E-state index contributed by atoms with van der Waals surface area (Å²) >= 11 is 0. The van der Waals surface area contributed by atoms with Crippen LogP contribution in [0.4, 0.5) is 0 Å². The van der Waals surface area contributed by atoms with Crippen molar-refractivity contribution in [3.63, 3.8) is 0 Å². The second-order valence-electron chi connectivity index (χ2n) is 6.33. The minimum absolute atomic E-state index is 0.0338. The molecule has 8 heteroatoms. The van der Waals surface area contributed by atoms with Crippen molar-refractivity contribution >= 4 is 21.9 Å². The Morgan fingerprint density at radius 2 is 1.67 bits per heavy atom. The van der Waals surface area contributed by atoms with E-state index in [1.54, 1.807) is 26.0 Å². The highest BCUT2D eigenvalue weighted by Crippen LogP contribution is 2.17. The Labute approximate surface area is 158 Å². The summed E-state index contributed by atoms with van der Waals surface area (Å²) in [5.74, 6) is -1.51. The number of sulfonamides is 1. The number of hydrogen-bond donors (Lipinski definition) is 2. The van der Waals surface area contributed by atoms with Crippen LogP contribution in [0.3, 0.4) is 0 Å². The van der Waals surface area contributed by atoms with Gasteiger partial charge in [0.2, 0.25) is 10.0 Å². The van der Waals surface area contributed by atoms with Crippen molar-refractivity contribution in [2.45, 2.75) is 31.3 Å². The van der Waals surface area contributed by atoms with Crippen LogP contribution in [0.2, 0.25) is 0 Å². The normalized spacial score (nSPS) is 11.6. The molecule has 1 amide bonds. The van der Waals surface area contributed by atoms with Crippen LogP contribution in [0.5, 0.6) is 0 Å². The van der Waals surface area contributed by atoms with Crippen LogP contribution in [0.15, 0.2) is 53.4 Å². The van der Waals surface area contributed by atoms with E-state index in [0.29, 0.717) is 0 Å². The van der Waals surface area contributed by atoms with Crippen molar-refractivity contribution < 1.29 is 23.1 Å². The molecule has 2 aromatic rings. The summed E-state index contributed by atoms with van der Waals surface area (Å²) in [7, 11) is -2.02. The molecule has 27 heavy (non-hydrogen) atoms. The Kier molecular flexibility index (Phi) is 6.35. The number of benzene rings is 2. The molecule has 0 unspecified atom stereocenters. The van der Waals surface area contributed by atoms with Crippen LogP contribution in [-0.4, -0.2) is 42.8 Å². The molecule has 0 fully saturated rings. The lowest BCUT2D eigenvalue weighted by atomic mass is 10.1. The van der Waals surface area contributed by atoms with Gasteiger partial charge >= 0.3 is 5.97 Å². The van der Waals surface area contributed by atoms with Crippen molar-refractivity contribution in [1.82, 2.24) is 9.62 Å². The van der Waals surface area contributed by atoms with Crippen molar-refractivity contribution in [1.29, 1.82) is 0 Å². The van der Waals surface area contributed by atoms with Crippen LogP contribution in [-0.2, 0) is 16.6 Å². The van der Waals surface area contributed by atoms with Gasteiger partial charge in [-0.25, -0.2) is 13.2 Å². The van der Waals surface area contributed by atoms with Crippen LogP contribution < -0.4 is 5.32 Å². The summed E-state index contributed by atoms with van der Waals surface area (Å²) in [6, 6.07) is 11.9. The summed E-state index contributed by atoms with van der Waals surface area (Å²) in [5, 5.41) is 11.7. The van der Waals surface area contributed by atoms with E-state index in [-0.39, 0.29) is 28.6 Å². The number of nitrogens with zero attached hydrogens (tertiary/aromatic N) is 1. The first-order chi connectivity index (χ1) is 12.6.